The van der Waals surface area contributed by atoms with Crippen LogP contribution in [0.15, 0.2) is 36.4 Å². The van der Waals surface area contributed by atoms with Crippen LogP contribution in [0.2, 0.25) is 5.02 Å². The van der Waals surface area contributed by atoms with Gasteiger partial charge in [0, 0.05) is 5.02 Å². The summed E-state index contributed by atoms with van der Waals surface area (Å²) in [5, 5.41) is 0.727. The average molecular weight is 275 g/mol. The molecule has 3 heteroatoms. The summed E-state index contributed by atoms with van der Waals surface area (Å²) in [5.41, 5.74) is 8.84. The van der Waals surface area contributed by atoms with Crippen LogP contribution in [0.5, 0.6) is 0 Å². The average Bonchev–Trinajstić information content (AvgIpc) is 2.36. The van der Waals surface area contributed by atoms with Crippen LogP contribution in [0.4, 0.5) is 0 Å². The highest BCUT2D eigenvalue weighted by molar-refractivity contribution is 6.30. The van der Waals surface area contributed by atoms with Crippen LogP contribution >= 0.6 is 11.6 Å². The normalized spacial score (nSPS) is 12.5. The molecule has 0 amide bonds. The van der Waals surface area contributed by atoms with Crippen LogP contribution in [0.3, 0.4) is 0 Å². The molecular weight excluding hydrogens is 256 g/mol. The summed E-state index contributed by atoms with van der Waals surface area (Å²) in [5.74, 6) is 5.77. The molecule has 0 radical (unpaired) electrons. The molecule has 1 atom stereocenters. The zero-order chi connectivity index (χ0) is 14.0. The first kappa shape index (κ1) is 14.1. The van der Waals surface area contributed by atoms with Gasteiger partial charge in [0.25, 0.3) is 0 Å². The van der Waals surface area contributed by atoms with Gasteiger partial charge in [0.2, 0.25) is 0 Å². The van der Waals surface area contributed by atoms with Gasteiger partial charge in [-0.3, -0.25) is 5.84 Å². The summed E-state index contributed by atoms with van der Waals surface area (Å²) in [6.07, 6.45) is 0. The smallest absolute Gasteiger partial charge is 0.0715 e. The van der Waals surface area contributed by atoms with Gasteiger partial charge in [0.15, 0.2) is 0 Å². The molecule has 0 bridgehead atoms. The highest BCUT2D eigenvalue weighted by atomic mass is 35.5. The Hall–Kier alpha value is -1.35. The van der Waals surface area contributed by atoms with Gasteiger partial charge in [-0.1, -0.05) is 41.4 Å². The molecule has 0 saturated carbocycles. The van der Waals surface area contributed by atoms with E-state index in [1.54, 1.807) is 0 Å². The Balaban J connectivity index is 2.52. The quantitative estimate of drug-likeness (QED) is 0.660. The Kier molecular flexibility index (Phi) is 4.25. The van der Waals surface area contributed by atoms with E-state index in [1.165, 1.54) is 22.3 Å². The lowest BCUT2D eigenvalue weighted by molar-refractivity contribution is 0.630. The van der Waals surface area contributed by atoms with E-state index >= 15 is 0 Å². The van der Waals surface area contributed by atoms with Crippen molar-refractivity contribution in [1.29, 1.82) is 0 Å². The molecule has 0 spiro atoms. The third-order valence-corrected chi connectivity index (χ3v) is 3.69. The predicted molar refractivity (Wildman–Crippen MR) is 81.3 cm³/mol. The molecule has 3 N–H and O–H groups in total. The molecule has 0 fully saturated rings. The Morgan fingerprint density at radius 1 is 0.947 bits per heavy atom. The summed E-state index contributed by atoms with van der Waals surface area (Å²) in [6, 6.07) is 12.2. The van der Waals surface area contributed by atoms with Gasteiger partial charge in [0.05, 0.1) is 6.04 Å². The molecule has 0 aliphatic heterocycles. The van der Waals surface area contributed by atoms with Gasteiger partial charge in [-0.2, -0.15) is 0 Å². The van der Waals surface area contributed by atoms with Crippen molar-refractivity contribution < 1.29 is 0 Å². The summed E-state index contributed by atoms with van der Waals surface area (Å²) in [4.78, 5) is 0. The fourth-order valence-corrected chi connectivity index (χ4v) is 2.60. The number of hydrogen-bond acceptors (Lipinski definition) is 2. The van der Waals surface area contributed by atoms with Crippen molar-refractivity contribution in [3.63, 3.8) is 0 Å². The molecule has 1 unspecified atom stereocenters. The zero-order valence-electron chi connectivity index (χ0n) is 11.5. The maximum absolute atomic E-state index is 6.10. The number of rotatable bonds is 3. The Morgan fingerprint density at radius 3 is 2.32 bits per heavy atom. The molecule has 19 heavy (non-hydrogen) atoms. The molecule has 2 aromatic carbocycles. The van der Waals surface area contributed by atoms with Gasteiger partial charge in [0.1, 0.15) is 0 Å². The zero-order valence-corrected chi connectivity index (χ0v) is 12.3. The van der Waals surface area contributed by atoms with E-state index in [-0.39, 0.29) is 6.04 Å². The molecule has 0 aliphatic rings. The van der Waals surface area contributed by atoms with Gasteiger partial charge < -0.3 is 0 Å². The Morgan fingerprint density at radius 2 is 1.68 bits per heavy atom. The second-order valence-electron chi connectivity index (χ2n) is 4.96. The van der Waals surface area contributed by atoms with Crippen LogP contribution in [0, 0.1) is 20.8 Å². The van der Waals surface area contributed by atoms with E-state index in [4.69, 9.17) is 17.4 Å². The van der Waals surface area contributed by atoms with E-state index in [0.717, 1.165) is 10.6 Å². The number of hydrogen-bond donors (Lipinski definition) is 2. The summed E-state index contributed by atoms with van der Waals surface area (Å²) >= 11 is 6.10. The molecule has 0 saturated heterocycles. The monoisotopic (exact) mass is 274 g/mol. The minimum absolute atomic E-state index is 0.0423. The van der Waals surface area contributed by atoms with Gasteiger partial charge >= 0.3 is 0 Å². The van der Waals surface area contributed by atoms with Gasteiger partial charge in [-0.15, -0.1) is 0 Å². The van der Waals surface area contributed by atoms with Crippen molar-refractivity contribution in [2.24, 2.45) is 5.84 Å². The lowest BCUT2D eigenvalue weighted by Gasteiger charge is -2.21. The van der Waals surface area contributed by atoms with E-state index in [0.29, 0.717) is 0 Å². The van der Waals surface area contributed by atoms with Crippen molar-refractivity contribution in [2.75, 3.05) is 0 Å². The number of benzene rings is 2. The lowest BCUT2D eigenvalue weighted by Crippen LogP contribution is -2.30. The van der Waals surface area contributed by atoms with Crippen molar-refractivity contribution in [3.05, 3.63) is 69.2 Å². The van der Waals surface area contributed by atoms with E-state index in [1.807, 2.05) is 18.2 Å². The Bertz CT molecular complexity index is 593. The van der Waals surface area contributed by atoms with Crippen LogP contribution in [0.1, 0.15) is 33.9 Å². The summed E-state index contributed by atoms with van der Waals surface area (Å²) in [7, 11) is 0. The third kappa shape index (κ3) is 2.98. The number of aryl methyl sites for hydroxylation is 3. The topological polar surface area (TPSA) is 38.0 Å². The predicted octanol–water partition coefficient (Wildman–Crippen LogP) is 3.82. The van der Waals surface area contributed by atoms with Gasteiger partial charge in [-0.05, 0) is 55.2 Å². The molecule has 2 rings (SSSR count). The van der Waals surface area contributed by atoms with Crippen LogP contribution in [-0.2, 0) is 0 Å². The number of nitrogens with two attached hydrogens (primary N) is 1. The van der Waals surface area contributed by atoms with Crippen molar-refractivity contribution in [1.82, 2.24) is 5.43 Å². The minimum Gasteiger partial charge on any atom is -0.271 e. The molecular formula is C16H19ClN2. The first-order chi connectivity index (χ1) is 9.02. The van der Waals surface area contributed by atoms with Crippen molar-refractivity contribution in [3.8, 4) is 0 Å². The minimum atomic E-state index is -0.0423. The number of nitrogens with one attached hydrogen (secondary N) is 1. The lowest BCUT2D eigenvalue weighted by atomic mass is 9.92. The summed E-state index contributed by atoms with van der Waals surface area (Å²) in [6.45, 7) is 6.26. The maximum atomic E-state index is 6.10. The molecule has 2 nitrogen and oxygen atoms in total. The fourth-order valence-electron chi connectivity index (χ4n) is 2.42. The van der Waals surface area contributed by atoms with E-state index in [2.05, 4.69) is 44.4 Å². The molecule has 0 heterocycles. The maximum Gasteiger partial charge on any atom is 0.0715 e. The Labute approximate surface area is 119 Å². The van der Waals surface area contributed by atoms with Crippen molar-refractivity contribution >= 4 is 11.6 Å². The highest BCUT2D eigenvalue weighted by Gasteiger charge is 2.17. The van der Waals surface area contributed by atoms with Crippen LogP contribution < -0.4 is 11.3 Å². The van der Waals surface area contributed by atoms with Crippen LogP contribution in [0.25, 0.3) is 0 Å². The standard InChI is InChI=1S/C16H19ClN2/c1-10-4-7-14(12(3)8-10)16(19-18)15-9-13(17)6-5-11(15)2/h4-9,16,19H,18H2,1-3H3. The van der Waals surface area contributed by atoms with E-state index in [9.17, 15) is 0 Å². The first-order valence-corrected chi connectivity index (χ1v) is 6.70. The SMILES string of the molecule is Cc1ccc(C(NN)c2cc(Cl)ccc2C)c(C)c1. The first-order valence-electron chi connectivity index (χ1n) is 6.32. The third-order valence-electron chi connectivity index (χ3n) is 3.46. The number of halogens is 1. The van der Waals surface area contributed by atoms with Crippen LogP contribution in [-0.4, -0.2) is 0 Å². The molecule has 0 aliphatic carbocycles. The molecule has 100 valence electrons. The fraction of sp³-hybridized carbons (Fsp3) is 0.250. The van der Waals surface area contributed by atoms with Crippen molar-refractivity contribution in [2.45, 2.75) is 26.8 Å². The molecule has 2 aromatic rings. The molecule has 0 aromatic heterocycles. The largest absolute Gasteiger partial charge is 0.271 e. The van der Waals surface area contributed by atoms with E-state index < -0.39 is 0 Å². The van der Waals surface area contributed by atoms with Gasteiger partial charge in [-0.25, -0.2) is 5.43 Å². The highest BCUT2D eigenvalue weighted by Crippen LogP contribution is 2.29. The second-order valence-corrected chi connectivity index (χ2v) is 5.40. The second kappa shape index (κ2) is 5.74. The number of hydrazine groups is 1. The summed E-state index contributed by atoms with van der Waals surface area (Å²) < 4.78 is 0.